The molecule has 0 saturated carbocycles. The maximum atomic E-state index is 11.8. The minimum atomic E-state index is -0.640. The number of hydrogen-bond acceptors (Lipinski definition) is 4. The largest absolute Gasteiger partial charge is 0.495 e. The number of anilines is 1. The molecule has 2 amide bonds. The number of nitrogens with one attached hydrogen (secondary N) is 2. The summed E-state index contributed by atoms with van der Waals surface area (Å²) in [5, 5.41) is 5.58. The van der Waals surface area contributed by atoms with Gasteiger partial charge in [-0.1, -0.05) is 25.4 Å². The molecular formula is C14H20ClN3O3. The highest BCUT2D eigenvalue weighted by molar-refractivity contribution is 6.31. The first-order chi connectivity index (χ1) is 9.85. The van der Waals surface area contributed by atoms with E-state index >= 15 is 0 Å². The van der Waals surface area contributed by atoms with E-state index in [9.17, 15) is 9.59 Å². The zero-order valence-corrected chi connectivity index (χ0v) is 13.0. The Hall–Kier alpha value is -1.79. The van der Waals surface area contributed by atoms with E-state index in [0.717, 1.165) is 0 Å². The molecule has 0 spiro atoms. The van der Waals surface area contributed by atoms with E-state index in [1.54, 1.807) is 18.2 Å². The fourth-order valence-corrected chi connectivity index (χ4v) is 1.73. The predicted octanol–water partition coefficient (Wildman–Crippen LogP) is 1.39. The third kappa shape index (κ3) is 5.24. The maximum Gasteiger partial charge on any atom is 0.243 e. The van der Waals surface area contributed by atoms with E-state index in [1.165, 1.54) is 7.11 Å². The normalized spacial score (nSPS) is 11.9. The van der Waals surface area contributed by atoms with Crippen LogP contribution in [-0.2, 0) is 9.59 Å². The number of hydrogen-bond donors (Lipinski definition) is 3. The van der Waals surface area contributed by atoms with Gasteiger partial charge in [-0.25, -0.2) is 0 Å². The van der Waals surface area contributed by atoms with Crippen LogP contribution < -0.4 is 21.1 Å². The highest BCUT2D eigenvalue weighted by atomic mass is 35.5. The van der Waals surface area contributed by atoms with Crippen molar-refractivity contribution in [2.75, 3.05) is 19.0 Å². The Bertz CT molecular complexity index is 520. The molecule has 0 radical (unpaired) electrons. The first-order valence-electron chi connectivity index (χ1n) is 6.51. The Morgan fingerprint density at radius 1 is 1.38 bits per heavy atom. The molecule has 0 aliphatic heterocycles. The molecule has 21 heavy (non-hydrogen) atoms. The standard InChI is InChI=1S/C14H20ClN3O3/c1-8(2)13(16)14(20)17-7-12(19)18-10-6-9(15)4-5-11(10)21-3/h4-6,8,13H,7,16H2,1-3H3,(H,17,20)(H,18,19)/t13-/m0/s1. The highest BCUT2D eigenvalue weighted by Crippen LogP contribution is 2.27. The lowest BCUT2D eigenvalue weighted by atomic mass is 10.1. The van der Waals surface area contributed by atoms with E-state index in [2.05, 4.69) is 10.6 Å². The minimum absolute atomic E-state index is 0.00100. The molecule has 0 bridgehead atoms. The molecule has 0 aliphatic rings. The van der Waals surface area contributed by atoms with Gasteiger partial charge in [0.05, 0.1) is 25.4 Å². The van der Waals surface area contributed by atoms with Crippen molar-refractivity contribution in [1.29, 1.82) is 0 Å². The third-order valence-corrected chi connectivity index (χ3v) is 3.11. The van der Waals surface area contributed by atoms with E-state index in [-0.39, 0.29) is 24.3 Å². The second kappa shape index (κ2) is 7.85. The Labute approximate surface area is 129 Å². The van der Waals surface area contributed by atoms with Crippen LogP contribution in [0.4, 0.5) is 5.69 Å². The molecule has 116 valence electrons. The second-order valence-electron chi connectivity index (χ2n) is 4.88. The van der Waals surface area contributed by atoms with Gasteiger partial charge in [-0.05, 0) is 24.1 Å². The van der Waals surface area contributed by atoms with E-state index in [4.69, 9.17) is 22.1 Å². The number of nitrogens with two attached hydrogens (primary N) is 1. The SMILES string of the molecule is COc1ccc(Cl)cc1NC(=O)CNC(=O)[C@@H](N)C(C)C. The van der Waals surface area contributed by atoms with Crippen molar-refractivity contribution >= 4 is 29.1 Å². The van der Waals surface area contributed by atoms with Gasteiger partial charge < -0.3 is 21.1 Å². The summed E-state index contributed by atoms with van der Waals surface area (Å²) in [6, 6.07) is 4.23. The molecule has 0 heterocycles. The fraction of sp³-hybridized carbons (Fsp3) is 0.429. The predicted molar refractivity (Wildman–Crippen MR) is 82.5 cm³/mol. The van der Waals surface area contributed by atoms with Gasteiger partial charge in [-0.15, -0.1) is 0 Å². The Balaban J connectivity index is 2.58. The number of carbonyl (C=O) groups is 2. The lowest BCUT2D eigenvalue weighted by molar-refractivity contribution is -0.125. The molecule has 1 aromatic carbocycles. The van der Waals surface area contributed by atoms with E-state index in [0.29, 0.717) is 16.5 Å². The van der Waals surface area contributed by atoms with Gasteiger partial charge >= 0.3 is 0 Å². The van der Waals surface area contributed by atoms with Crippen LogP contribution in [0.25, 0.3) is 0 Å². The number of halogens is 1. The molecule has 0 aliphatic carbocycles. The Morgan fingerprint density at radius 2 is 2.05 bits per heavy atom. The molecule has 0 saturated heterocycles. The average Bonchev–Trinajstić information content (AvgIpc) is 2.44. The summed E-state index contributed by atoms with van der Waals surface area (Å²) in [5.41, 5.74) is 6.13. The van der Waals surface area contributed by atoms with Crippen molar-refractivity contribution in [1.82, 2.24) is 5.32 Å². The van der Waals surface area contributed by atoms with Crippen molar-refractivity contribution in [3.05, 3.63) is 23.2 Å². The molecule has 7 heteroatoms. The van der Waals surface area contributed by atoms with Crippen LogP contribution in [0.5, 0.6) is 5.75 Å². The molecule has 1 atom stereocenters. The summed E-state index contributed by atoms with van der Waals surface area (Å²) < 4.78 is 5.12. The van der Waals surface area contributed by atoms with Crippen molar-refractivity contribution in [3.8, 4) is 5.75 Å². The van der Waals surface area contributed by atoms with E-state index < -0.39 is 6.04 Å². The number of rotatable bonds is 6. The van der Waals surface area contributed by atoms with Gasteiger partial charge in [-0.2, -0.15) is 0 Å². The summed E-state index contributed by atoms with van der Waals surface area (Å²) in [5.74, 6) is -0.267. The van der Waals surface area contributed by atoms with E-state index in [1.807, 2.05) is 13.8 Å². The summed E-state index contributed by atoms with van der Waals surface area (Å²) in [7, 11) is 1.49. The molecule has 6 nitrogen and oxygen atoms in total. The lowest BCUT2D eigenvalue weighted by Gasteiger charge is -2.15. The molecule has 1 rings (SSSR count). The molecule has 1 aromatic rings. The second-order valence-corrected chi connectivity index (χ2v) is 5.32. The zero-order valence-electron chi connectivity index (χ0n) is 12.3. The van der Waals surface area contributed by atoms with Crippen molar-refractivity contribution < 1.29 is 14.3 Å². The summed E-state index contributed by atoms with van der Waals surface area (Å²) in [6.45, 7) is 3.50. The lowest BCUT2D eigenvalue weighted by Crippen LogP contribution is -2.46. The van der Waals surface area contributed by atoms with Crippen molar-refractivity contribution in [2.24, 2.45) is 11.7 Å². The van der Waals surface area contributed by atoms with Gasteiger partial charge in [0, 0.05) is 5.02 Å². The quantitative estimate of drug-likeness (QED) is 0.739. The van der Waals surface area contributed by atoms with Gasteiger partial charge in [0.15, 0.2) is 0 Å². The fourth-order valence-electron chi connectivity index (χ4n) is 1.56. The van der Waals surface area contributed by atoms with Crippen LogP contribution in [0.2, 0.25) is 5.02 Å². The van der Waals surface area contributed by atoms with Crippen LogP contribution in [0.15, 0.2) is 18.2 Å². The number of methoxy groups -OCH3 is 1. The van der Waals surface area contributed by atoms with Gasteiger partial charge in [0.2, 0.25) is 11.8 Å². The molecule has 0 fully saturated rings. The smallest absolute Gasteiger partial charge is 0.243 e. The zero-order chi connectivity index (χ0) is 16.0. The van der Waals surface area contributed by atoms with Crippen LogP contribution in [-0.4, -0.2) is 31.5 Å². The van der Waals surface area contributed by atoms with Crippen LogP contribution in [0, 0.1) is 5.92 Å². The first-order valence-corrected chi connectivity index (χ1v) is 6.89. The Kier molecular flexibility index (Phi) is 6.45. The van der Waals surface area contributed by atoms with Crippen molar-refractivity contribution in [2.45, 2.75) is 19.9 Å². The molecule has 4 N–H and O–H groups in total. The van der Waals surface area contributed by atoms with Crippen LogP contribution in [0.1, 0.15) is 13.8 Å². The summed E-state index contributed by atoms with van der Waals surface area (Å²) in [4.78, 5) is 23.5. The van der Waals surface area contributed by atoms with Crippen LogP contribution >= 0.6 is 11.6 Å². The summed E-state index contributed by atoms with van der Waals surface area (Å²) >= 11 is 5.87. The Morgan fingerprint density at radius 3 is 2.62 bits per heavy atom. The molecular weight excluding hydrogens is 294 g/mol. The number of ether oxygens (including phenoxy) is 1. The van der Waals surface area contributed by atoms with Gasteiger partial charge in [0.1, 0.15) is 5.75 Å². The number of amides is 2. The van der Waals surface area contributed by atoms with Crippen molar-refractivity contribution in [3.63, 3.8) is 0 Å². The number of benzene rings is 1. The maximum absolute atomic E-state index is 11.8. The molecule has 0 aromatic heterocycles. The third-order valence-electron chi connectivity index (χ3n) is 2.88. The van der Waals surface area contributed by atoms with Gasteiger partial charge in [0.25, 0.3) is 0 Å². The highest BCUT2D eigenvalue weighted by Gasteiger charge is 2.18. The topological polar surface area (TPSA) is 93.5 Å². The first kappa shape index (κ1) is 17.3. The summed E-state index contributed by atoms with van der Waals surface area (Å²) in [6.07, 6.45) is 0. The monoisotopic (exact) mass is 313 g/mol. The van der Waals surface area contributed by atoms with Gasteiger partial charge in [-0.3, -0.25) is 9.59 Å². The molecule has 0 unspecified atom stereocenters. The minimum Gasteiger partial charge on any atom is -0.495 e. The van der Waals surface area contributed by atoms with Crippen LogP contribution in [0.3, 0.4) is 0 Å². The average molecular weight is 314 g/mol. The number of carbonyl (C=O) groups excluding carboxylic acids is 2.